The normalized spacial score (nSPS) is 29.2. The standard InChI is InChI=1S/C13H26O3/c1-5-8-12(4)11-13(14-6-2,15-7-3)9-10-16-12/h5-11H2,1-4H3. The summed E-state index contributed by atoms with van der Waals surface area (Å²) in [4.78, 5) is 0. The van der Waals surface area contributed by atoms with Crippen LogP contribution in [0, 0.1) is 0 Å². The maximum Gasteiger partial charge on any atom is 0.173 e. The lowest BCUT2D eigenvalue weighted by atomic mass is 9.87. The first-order valence-electron chi connectivity index (χ1n) is 6.51. The third-order valence-electron chi connectivity index (χ3n) is 3.17. The van der Waals surface area contributed by atoms with Crippen molar-refractivity contribution in [2.24, 2.45) is 0 Å². The molecule has 0 saturated carbocycles. The fourth-order valence-corrected chi connectivity index (χ4v) is 2.67. The molecule has 0 radical (unpaired) electrons. The highest BCUT2D eigenvalue weighted by Gasteiger charge is 2.44. The molecule has 1 unspecified atom stereocenters. The summed E-state index contributed by atoms with van der Waals surface area (Å²) < 4.78 is 17.6. The second kappa shape index (κ2) is 5.99. The predicted octanol–water partition coefficient (Wildman–Crippen LogP) is 3.12. The second-order valence-electron chi connectivity index (χ2n) is 4.75. The summed E-state index contributed by atoms with van der Waals surface area (Å²) >= 11 is 0. The molecule has 1 atom stereocenters. The van der Waals surface area contributed by atoms with Crippen molar-refractivity contribution in [1.29, 1.82) is 0 Å². The quantitative estimate of drug-likeness (QED) is 0.656. The summed E-state index contributed by atoms with van der Waals surface area (Å²) in [6, 6.07) is 0. The molecule has 1 aliphatic heterocycles. The van der Waals surface area contributed by atoms with Crippen molar-refractivity contribution >= 4 is 0 Å². The van der Waals surface area contributed by atoms with Crippen LogP contribution in [0.2, 0.25) is 0 Å². The molecule has 1 fully saturated rings. The smallest absolute Gasteiger partial charge is 0.173 e. The van der Waals surface area contributed by atoms with Gasteiger partial charge in [0, 0.05) is 26.1 Å². The van der Waals surface area contributed by atoms with Crippen LogP contribution in [0.25, 0.3) is 0 Å². The van der Waals surface area contributed by atoms with E-state index in [0.717, 1.165) is 32.3 Å². The molecule has 0 aromatic carbocycles. The molecular formula is C13H26O3. The molecule has 1 heterocycles. The Labute approximate surface area is 99.5 Å². The van der Waals surface area contributed by atoms with Gasteiger partial charge in [-0.05, 0) is 27.2 Å². The second-order valence-corrected chi connectivity index (χ2v) is 4.75. The highest BCUT2D eigenvalue weighted by atomic mass is 16.7. The summed E-state index contributed by atoms with van der Waals surface area (Å²) in [6.07, 6.45) is 3.88. The lowest BCUT2D eigenvalue weighted by Gasteiger charge is -2.45. The average Bonchev–Trinajstić information content (AvgIpc) is 2.18. The Morgan fingerprint density at radius 2 is 1.75 bits per heavy atom. The van der Waals surface area contributed by atoms with Crippen molar-refractivity contribution in [2.75, 3.05) is 19.8 Å². The Hall–Kier alpha value is -0.120. The molecule has 0 aromatic rings. The molecule has 1 rings (SSSR count). The van der Waals surface area contributed by atoms with Gasteiger partial charge >= 0.3 is 0 Å². The lowest BCUT2D eigenvalue weighted by molar-refractivity contribution is -0.294. The number of rotatable bonds is 6. The Morgan fingerprint density at radius 1 is 1.12 bits per heavy atom. The molecule has 3 heteroatoms. The van der Waals surface area contributed by atoms with E-state index in [2.05, 4.69) is 13.8 Å². The van der Waals surface area contributed by atoms with E-state index < -0.39 is 5.79 Å². The monoisotopic (exact) mass is 230 g/mol. The van der Waals surface area contributed by atoms with Gasteiger partial charge in [-0.2, -0.15) is 0 Å². The summed E-state index contributed by atoms with van der Waals surface area (Å²) in [5.74, 6) is -0.411. The Balaban J connectivity index is 2.69. The largest absolute Gasteiger partial charge is 0.375 e. The van der Waals surface area contributed by atoms with Crippen LogP contribution in [-0.2, 0) is 14.2 Å². The van der Waals surface area contributed by atoms with Crippen LogP contribution in [0.15, 0.2) is 0 Å². The number of hydrogen-bond acceptors (Lipinski definition) is 3. The first kappa shape index (κ1) is 13.9. The van der Waals surface area contributed by atoms with E-state index in [1.165, 1.54) is 0 Å². The van der Waals surface area contributed by atoms with Crippen molar-refractivity contribution < 1.29 is 14.2 Å². The van der Waals surface area contributed by atoms with Crippen molar-refractivity contribution in [3.05, 3.63) is 0 Å². The Morgan fingerprint density at radius 3 is 2.25 bits per heavy atom. The third kappa shape index (κ3) is 3.44. The van der Waals surface area contributed by atoms with E-state index in [1.54, 1.807) is 0 Å². The molecular weight excluding hydrogens is 204 g/mol. The van der Waals surface area contributed by atoms with Crippen LogP contribution in [-0.4, -0.2) is 31.2 Å². The van der Waals surface area contributed by atoms with E-state index in [9.17, 15) is 0 Å². The van der Waals surface area contributed by atoms with Gasteiger partial charge in [0.1, 0.15) is 0 Å². The maximum atomic E-state index is 5.89. The molecule has 3 nitrogen and oxygen atoms in total. The maximum absolute atomic E-state index is 5.89. The van der Waals surface area contributed by atoms with Gasteiger partial charge in [-0.15, -0.1) is 0 Å². The highest BCUT2D eigenvalue weighted by Crippen LogP contribution is 2.38. The minimum atomic E-state index is -0.411. The molecule has 0 aliphatic carbocycles. The topological polar surface area (TPSA) is 27.7 Å². The summed E-state index contributed by atoms with van der Waals surface area (Å²) in [7, 11) is 0. The Bertz CT molecular complexity index is 190. The highest BCUT2D eigenvalue weighted by molar-refractivity contribution is 4.88. The molecule has 0 bridgehead atoms. The zero-order chi connectivity index (χ0) is 12.1. The van der Waals surface area contributed by atoms with Crippen molar-refractivity contribution in [3.63, 3.8) is 0 Å². The number of hydrogen-bond donors (Lipinski definition) is 0. The van der Waals surface area contributed by atoms with Crippen LogP contribution < -0.4 is 0 Å². The van der Waals surface area contributed by atoms with Gasteiger partial charge in [0.05, 0.1) is 12.2 Å². The Kier molecular flexibility index (Phi) is 5.22. The molecule has 16 heavy (non-hydrogen) atoms. The van der Waals surface area contributed by atoms with Crippen molar-refractivity contribution in [3.8, 4) is 0 Å². The number of ether oxygens (including phenoxy) is 3. The van der Waals surface area contributed by atoms with Crippen LogP contribution in [0.5, 0.6) is 0 Å². The summed E-state index contributed by atoms with van der Waals surface area (Å²) in [5, 5.41) is 0. The zero-order valence-corrected chi connectivity index (χ0v) is 11.2. The van der Waals surface area contributed by atoms with Gasteiger partial charge in [-0.25, -0.2) is 0 Å². The molecule has 1 aliphatic rings. The molecule has 0 amide bonds. The third-order valence-corrected chi connectivity index (χ3v) is 3.17. The fraction of sp³-hybridized carbons (Fsp3) is 1.00. The van der Waals surface area contributed by atoms with Crippen LogP contribution in [0.4, 0.5) is 0 Å². The summed E-state index contributed by atoms with van der Waals surface area (Å²) in [5.41, 5.74) is -0.0860. The van der Waals surface area contributed by atoms with Crippen LogP contribution in [0.1, 0.15) is 53.4 Å². The van der Waals surface area contributed by atoms with Gasteiger partial charge in [0.15, 0.2) is 5.79 Å². The molecule has 0 spiro atoms. The van der Waals surface area contributed by atoms with Gasteiger partial charge in [0.25, 0.3) is 0 Å². The van der Waals surface area contributed by atoms with Crippen molar-refractivity contribution in [1.82, 2.24) is 0 Å². The van der Waals surface area contributed by atoms with Crippen molar-refractivity contribution in [2.45, 2.75) is 64.8 Å². The van der Waals surface area contributed by atoms with Crippen LogP contribution in [0.3, 0.4) is 0 Å². The van der Waals surface area contributed by atoms with E-state index in [1.807, 2.05) is 13.8 Å². The molecule has 96 valence electrons. The zero-order valence-electron chi connectivity index (χ0n) is 11.2. The molecule has 0 aromatic heterocycles. The minimum Gasteiger partial charge on any atom is -0.375 e. The minimum absolute atomic E-state index is 0.0860. The van der Waals surface area contributed by atoms with Gasteiger partial charge in [-0.3, -0.25) is 0 Å². The lowest BCUT2D eigenvalue weighted by Crippen LogP contribution is -2.50. The van der Waals surface area contributed by atoms with E-state index in [-0.39, 0.29) is 5.60 Å². The fourth-order valence-electron chi connectivity index (χ4n) is 2.67. The average molecular weight is 230 g/mol. The van der Waals surface area contributed by atoms with Gasteiger partial charge in [-0.1, -0.05) is 13.3 Å². The predicted molar refractivity (Wildman–Crippen MR) is 64.5 cm³/mol. The van der Waals surface area contributed by atoms with E-state index >= 15 is 0 Å². The molecule has 0 N–H and O–H groups in total. The first-order chi connectivity index (χ1) is 7.60. The summed E-state index contributed by atoms with van der Waals surface area (Å²) in [6.45, 7) is 10.5. The van der Waals surface area contributed by atoms with Crippen LogP contribution >= 0.6 is 0 Å². The van der Waals surface area contributed by atoms with E-state index in [4.69, 9.17) is 14.2 Å². The van der Waals surface area contributed by atoms with Gasteiger partial charge in [0.2, 0.25) is 0 Å². The SMILES string of the molecule is CCCC1(C)CC(OCC)(OCC)CCO1. The van der Waals surface area contributed by atoms with E-state index in [0.29, 0.717) is 13.2 Å². The van der Waals surface area contributed by atoms with Gasteiger partial charge < -0.3 is 14.2 Å². The first-order valence-corrected chi connectivity index (χ1v) is 6.51. The molecule has 1 saturated heterocycles.